The van der Waals surface area contributed by atoms with E-state index in [4.69, 9.17) is 4.98 Å². The number of aromatic nitrogens is 2. The van der Waals surface area contributed by atoms with Gasteiger partial charge >= 0.3 is 0 Å². The molecular weight excluding hydrogens is 412 g/mol. The van der Waals surface area contributed by atoms with E-state index in [0.29, 0.717) is 0 Å². The SMILES string of the molecule is Cn1c2ccccc2c2cc(/C=N/Nc3ccc(-c4nc5ccccc5s4)cc3)ccc21. The summed E-state index contributed by atoms with van der Waals surface area (Å²) in [7, 11) is 2.11. The van der Waals surface area contributed by atoms with E-state index in [0.717, 1.165) is 27.3 Å². The fourth-order valence-electron chi connectivity index (χ4n) is 4.13. The van der Waals surface area contributed by atoms with Gasteiger partial charge in [-0.25, -0.2) is 4.98 Å². The number of anilines is 1. The van der Waals surface area contributed by atoms with Crippen LogP contribution in [0.3, 0.4) is 0 Å². The third kappa shape index (κ3) is 3.24. The topological polar surface area (TPSA) is 42.2 Å². The number of nitrogens with one attached hydrogen (secondary N) is 1. The molecule has 0 unspecified atom stereocenters. The van der Waals surface area contributed by atoms with Gasteiger partial charge < -0.3 is 4.57 Å². The van der Waals surface area contributed by atoms with Crippen molar-refractivity contribution in [1.82, 2.24) is 9.55 Å². The summed E-state index contributed by atoms with van der Waals surface area (Å²) >= 11 is 1.71. The number of hydrogen-bond acceptors (Lipinski definition) is 4. The van der Waals surface area contributed by atoms with Crippen LogP contribution in [-0.2, 0) is 7.05 Å². The van der Waals surface area contributed by atoms with Gasteiger partial charge in [-0.05, 0) is 60.2 Å². The van der Waals surface area contributed by atoms with Crippen LogP contribution in [0.5, 0.6) is 0 Å². The normalized spacial score (nSPS) is 11.8. The zero-order valence-corrected chi connectivity index (χ0v) is 18.3. The van der Waals surface area contributed by atoms with Gasteiger partial charge in [-0.15, -0.1) is 11.3 Å². The van der Waals surface area contributed by atoms with Crippen molar-refractivity contribution < 1.29 is 0 Å². The van der Waals surface area contributed by atoms with E-state index < -0.39 is 0 Å². The lowest BCUT2D eigenvalue weighted by atomic mass is 10.1. The van der Waals surface area contributed by atoms with Crippen LogP contribution in [0, 0.1) is 0 Å². The molecule has 6 aromatic rings. The number of nitrogens with zero attached hydrogens (tertiary/aromatic N) is 3. The molecule has 32 heavy (non-hydrogen) atoms. The molecule has 0 aliphatic heterocycles. The minimum atomic E-state index is 0.942. The quantitative estimate of drug-likeness (QED) is 0.239. The molecule has 0 spiro atoms. The van der Waals surface area contributed by atoms with Crippen LogP contribution in [0.15, 0.2) is 96.1 Å². The highest BCUT2D eigenvalue weighted by Crippen LogP contribution is 2.31. The second kappa shape index (κ2) is 7.62. The lowest BCUT2D eigenvalue weighted by molar-refractivity contribution is 1.01. The van der Waals surface area contributed by atoms with Crippen LogP contribution in [-0.4, -0.2) is 15.8 Å². The number of hydrazone groups is 1. The van der Waals surface area contributed by atoms with E-state index in [2.05, 4.69) is 88.9 Å². The highest BCUT2D eigenvalue weighted by Gasteiger charge is 2.08. The van der Waals surface area contributed by atoms with Crippen LogP contribution < -0.4 is 5.43 Å². The summed E-state index contributed by atoms with van der Waals surface area (Å²) in [6, 6.07) is 31.4. The Labute approximate surface area is 189 Å². The summed E-state index contributed by atoms with van der Waals surface area (Å²) in [6.45, 7) is 0. The monoisotopic (exact) mass is 432 g/mol. The molecule has 6 rings (SSSR count). The van der Waals surface area contributed by atoms with Crippen molar-refractivity contribution in [3.05, 3.63) is 96.6 Å². The second-order valence-corrected chi connectivity index (χ2v) is 8.82. The van der Waals surface area contributed by atoms with Crippen molar-refractivity contribution in [2.24, 2.45) is 12.1 Å². The number of para-hydroxylation sites is 2. The maximum atomic E-state index is 4.73. The van der Waals surface area contributed by atoms with Gasteiger partial charge in [0.05, 0.1) is 22.1 Å². The molecule has 5 heteroatoms. The minimum Gasteiger partial charge on any atom is -0.344 e. The summed E-state index contributed by atoms with van der Waals surface area (Å²) in [5, 5.41) is 7.99. The van der Waals surface area contributed by atoms with Gasteiger partial charge in [0.1, 0.15) is 5.01 Å². The van der Waals surface area contributed by atoms with Crippen LogP contribution in [0.2, 0.25) is 0 Å². The maximum absolute atomic E-state index is 4.73. The second-order valence-electron chi connectivity index (χ2n) is 7.79. The molecule has 0 fully saturated rings. The Morgan fingerprint density at radius 3 is 2.50 bits per heavy atom. The lowest BCUT2D eigenvalue weighted by Gasteiger charge is -2.02. The van der Waals surface area contributed by atoms with Crippen molar-refractivity contribution >= 4 is 55.3 Å². The average molecular weight is 433 g/mol. The Balaban J connectivity index is 1.22. The third-order valence-corrected chi connectivity index (χ3v) is 6.86. The molecule has 2 heterocycles. The molecule has 4 nitrogen and oxygen atoms in total. The molecule has 0 atom stereocenters. The Hall–Kier alpha value is -3.96. The molecule has 0 aliphatic carbocycles. The van der Waals surface area contributed by atoms with E-state index in [-0.39, 0.29) is 0 Å². The molecule has 0 aliphatic rings. The smallest absolute Gasteiger partial charge is 0.124 e. The molecular formula is C27H20N4S. The van der Waals surface area contributed by atoms with Gasteiger partial charge in [-0.1, -0.05) is 36.4 Å². The Kier molecular flexibility index (Phi) is 4.47. The van der Waals surface area contributed by atoms with E-state index in [1.807, 2.05) is 30.5 Å². The third-order valence-electron chi connectivity index (χ3n) is 5.77. The highest BCUT2D eigenvalue weighted by molar-refractivity contribution is 7.21. The van der Waals surface area contributed by atoms with Gasteiger partial charge in [0.15, 0.2) is 0 Å². The largest absolute Gasteiger partial charge is 0.344 e. The van der Waals surface area contributed by atoms with Crippen molar-refractivity contribution in [1.29, 1.82) is 0 Å². The van der Waals surface area contributed by atoms with Crippen LogP contribution in [0.4, 0.5) is 5.69 Å². The summed E-state index contributed by atoms with van der Waals surface area (Å²) in [5.74, 6) is 0. The highest BCUT2D eigenvalue weighted by atomic mass is 32.1. The molecule has 4 aromatic carbocycles. The van der Waals surface area contributed by atoms with Crippen molar-refractivity contribution in [2.45, 2.75) is 0 Å². The predicted octanol–water partition coefficient (Wildman–Crippen LogP) is 7.05. The number of aryl methyl sites for hydroxylation is 1. The van der Waals surface area contributed by atoms with Gasteiger partial charge in [0, 0.05) is 34.4 Å². The predicted molar refractivity (Wildman–Crippen MR) is 137 cm³/mol. The van der Waals surface area contributed by atoms with Crippen molar-refractivity contribution in [3.8, 4) is 10.6 Å². The van der Waals surface area contributed by atoms with Gasteiger partial charge in [0.25, 0.3) is 0 Å². The van der Waals surface area contributed by atoms with Crippen LogP contribution in [0.1, 0.15) is 5.56 Å². The molecule has 0 amide bonds. The first-order chi connectivity index (χ1) is 15.8. The summed E-state index contributed by atoms with van der Waals surface area (Å²) in [6.07, 6.45) is 1.86. The maximum Gasteiger partial charge on any atom is 0.124 e. The van der Waals surface area contributed by atoms with Gasteiger partial charge in [0.2, 0.25) is 0 Å². The molecule has 0 radical (unpaired) electrons. The summed E-state index contributed by atoms with van der Waals surface area (Å²) in [4.78, 5) is 4.73. The average Bonchev–Trinajstić information content (AvgIpc) is 3.39. The van der Waals surface area contributed by atoms with E-state index in [1.54, 1.807) is 11.3 Å². The van der Waals surface area contributed by atoms with Gasteiger partial charge in [-0.2, -0.15) is 5.10 Å². The molecule has 154 valence electrons. The zero-order chi connectivity index (χ0) is 21.5. The Morgan fingerprint density at radius 2 is 1.62 bits per heavy atom. The first kappa shape index (κ1) is 18.8. The summed E-state index contributed by atoms with van der Waals surface area (Å²) < 4.78 is 3.44. The fourth-order valence-corrected chi connectivity index (χ4v) is 5.10. The van der Waals surface area contributed by atoms with E-state index >= 15 is 0 Å². The molecule has 2 aromatic heterocycles. The standard InChI is InChI=1S/C27H20N4S/c1-31-24-8-4-2-6-21(24)22-16-18(10-15-25(22)31)17-28-30-20-13-11-19(12-14-20)27-29-23-7-3-5-9-26(23)32-27/h2-17,30H,1H3/b28-17+. The van der Waals surface area contributed by atoms with E-state index in [1.165, 1.54) is 26.5 Å². The number of thiazole rings is 1. The van der Waals surface area contributed by atoms with Gasteiger partial charge in [-0.3, -0.25) is 5.43 Å². The van der Waals surface area contributed by atoms with Crippen LogP contribution >= 0.6 is 11.3 Å². The number of fused-ring (bicyclic) bond motifs is 4. The number of benzene rings is 4. The van der Waals surface area contributed by atoms with Crippen molar-refractivity contribution in [3.63, 3.8) is 0 Å². The molecule has 0 saturated heterocycles. The fraction of sp³-hybridized carbons (Fsp3) is 0.0370. The first-order valence-electron chi connectivity index (χ1n) is 10.5. The Morgan fingerprint density at radius 1 is 0.844 bits per heavy atom. The van der Waals surface area contributed by atoms with Crippen molar-refractivity contribution in [2.75, 3.05) is 5.43 Å². The first-order valence-corrected chi connectivity index (χ1v) is 11.3. The summed E-state index contributed by atoms with van der Waals surface area (Å²) in [5.41, 5.74) is 9.76. The molecule has 0 bridgehead atoms. The molecule has 0 saturated carbocycles. The molecule has 1 N–H and O–H groups in total. The number of rotatable bonds is 4. The number of hydrogen-bond donors (Lipinski definition) is 1. The lowest BCUT2D eigenvalue weighted by Crippen LogP contribution is -1.91. The van der Waals surface area contributed by atoms with Crippen LogP contribution in [0.25, 0.3) is 42.6 Å². The minimum absolute atomic E-state index is 0.942. The Bertz CT molecular complexity index is 1570. The van der Waals surface area contributed by atoms with E-state index in [9.17, 15) is 0 Å². The zero-order valence-electron chi connectivity index (χ0n) is 17.5.